The number of aliphatic hydroxyl groups excluding tert-OH is 1. The molecule has 3 nitrogen and oxygen atoms in total. The molecule has 0 radical (unpaired) electrons. The summed E-state index contributed by atoms with van der Waals surface area (Å²) in [6.45, 7) is 7.14. The van der Waals surface area contributed by atoms with Crippen LogP contribution >= 0.6 is 0 Å². The van der Waals surface area contributed by atoms with E-state index in [0.29, 0.717) is 17.3 Å². The minimum atomic E-state index is -0.0719. The Labute approximate surface area is 140 Å². The SMILES string of the molecule is CC1CC2(C)C(CCC3C4CCC(O)C4(C)CCC32)CC1=NO. The van der Waals surface area contributed by atoms with E-state index < -0.39 is 0 Å². The van der Waals surface area contributed by atoms with Crippen molar-refractivity contribution in [3.8, 4) is 0 Å². The Kier molecular flexibility index (Phi) is 3.61. The zero-order valence-electron chi connectivity index (χ0n) is 15.0. The highest BCUT2D eigenvalue weighted by atomic mass is 16.4. The molecule has 0 saturated heterocycles. The highest BCUT2D eigenvalue weighted by molar-refractivity contribution is 5.87. The van der Waals surface area contributed by atoms with Gasteiger partial charge in [0.1, 0.15) is 0 Å². The van der Waals surface area contributed by atoms with Crippen molar-refractivity contribution in [3.63, 3.8) is 0 Å². The number of rotatable bonds is 0. The molecule has 4 fully saturated rings. The second-order valence-corrected chi connectivity index (χ2v) is 9.70. The molecule has 0 amide bonds. The van der Waals surface area contributed by atoms with Crippen molar-refractivity contribution in [1.82, 2.24) is 0 Å². The maximum absolute atomic E-state index is 10.5. The van der Waals surface area contributed by atoms with Gasteiger partial charge in [-0.25, -0.2) is 0 Å². The number of hydrogen-bond donors (Lipinski definition) is 2. The van der Waals surface area contributed by atoms with E-state index in [-0.39, 0.29) is 11.5 Å². The Morgan fingerprint density at radius 2 is 1.74 bits per heavy atom. The summed E-state index contributed by atoms with van der Waals surface area (Å²) in [7, 11) is 0. The summed E-state index contributed by atoms with van der Waals surface area (Å²) in [5.41, 5.74) is 1.62. The lowest BCUT2D eigenvalue weighted by Crippen LogP contribution is -2.55. The quantitative estimate of drug-likeness (QED) is 0.511. The van der Waals surface area contributed by atoms with E-state index in [0.717, 1.165) is 36.3 Å². The molecule has 4 aliphatic carbocycles. The normalized spacial score (nSPS) is 57.7. The van der Waals surface area contributed by atoms with Crippen LogP contribution < -0.4 is 0 Å². The largest absolute Gasteiger partial charge is 0.411 e. The van der Waals surface area contributed by atoms with Crippen molar-refractivity contribution >= 4 is 5.71 Å². The van der Waals surface area contributed by atoms with Crippen LogP contribution in [0.25, 0.3) is 0 Å². The van der Waals surface area contributed by atoms with E-state index in [1.807, 2.05) is 0 Å². The van der Waals surface area contributed by atoms with E-state index in [9.17, 15) is 10.3 Å². The Hall–Kier alpha value is -0.570. The molecule has 0 heterocycles. The molecule has 23 heavy (non-hydrogen) atoms. The van der Waals surface area contributed by atoms with Crippen molar-refractivity contribution < 1.29 is 10.3 Å². The maximum atomic E-state index is 10.5. The van der Waals surface area contributed by atoms with Crippen molar-refractivity contribution in [3.05, 3.63) is 0 Å². The van der Waals surface area contributed by atoms with Crippen LogP contribution in [-0.4, -0.2) is 22.1 Å². The summed E-state index contributed by atoms with van der Waals surface area (Å²) in [6, 6.07) is 0. The summed E-state index contributed by atoms with van der Waals surface area (Å²) in [5, 5.41) is 23.5. The number of oxime groups is 1. The average Bonchev–Trinajstić information content (AvgIpc) is 2.82. The average molecular weight is 319 g/mol. The van der Waals surface area contributed by atoms with Crippen LogP contribution in [0.1, 0.15) is 72.1 Å². The van der Waals surface area contributed by atoms with Crippen molar-refractivity contribution in [1.29, 1.82) is 0 Å². The predicted octanol–water partition coefficient (Wildman–Crippen LogP) is 4.47. The second-order valence-electron chi connectivity index (χ2n) is 9.70. The topological polar surface area (TPSA) is 52.8 Å². The third kappa shape index (κ3) is 2.08. The molecule has 130 valence electrons. The van der Waals surface area contributed by atoms with Gasteiger partial charge in [0.15, 0.2) is 0 Å². The van der Waals surface area contributed by atoms with Crippen LogP contribution in [0.4, 0.5) is 0 Å². The summed E-state index contributed by atoms with van der Waals surface area (Å²) < 4.78 is 0. The van der Waals surface area contributed by atoms with Gasteiger partial charge in [-0.05, 0) is 91.8 Å². The zero-order valence-corrected chi connectivity index (χ0v) is 15.0. The Morgan fingerprint density at radius 3 is 2.48 bits per heavy atom. The molecule has 0 spiro atoms. The summed E-state index contributed by atoms with van der Waals surface area (Å²) >= 11 is 0. The molecule has 4 rings (SSSR count). The Bertz CT molecular complexity index is 518. The number of fused-ring (bicyclic) bond motifs is 5. The Morgan fingerprint density at radius 1 is 1.00 bits per heavy atom. The van der Waals surface area contributed by atoms with Crippen LogP contribution in [0, 0.1) is 40.4 Å². The standard InChI is InChI=1S/C20H33NO2/c1-12-11-20(3)13(10-17(12)21-23)4-5-14-15-6-7-18(22)19(15,2)9-8-16(14)20/h12-16,18,22-23H,4-11H2,1-3H3. The number of nitrogens with zero attached hydrogens (tertiary/aromatic N) is 1. The Balaban J connectivity index is 1.63. The van der Waals surface area contributed by atoms with Gasteiger partial charge in [-0.2, -0.15) is 0 Å². The van der Waals surface area contributed by atoms with E-state index in [1.165, 1.54) is 38.5 Å². The zero-order chi connectivity index (χ0) is 16.4. The monoisotopic (exact) mass is 319 g/mol. The maximum Gasteiger partial charge on any atom is 0.0602 e. The van der Waals surface area contributed by atoms with Gasteiger partial charge in [-0.15, -0.1) is 0 Å². The van der Waals surface area contributed by atoms with Gasteiger partial charge in [0.2, 0.25) is 0 Å². The van der Waals surface area contributed by atoms with Gasteiger partial charge in [0.05, 0.1) is 11.8 Å². The molecule has 4 aliphatic rings. The van der Waals surface area contributed by atoms with Gasteiger partial charge >= 0.3 is 0 Å². The molecular weight excluding hydrogens is 286 g/mol. The molecule has 0 aromatic rings. The molecule has 0 aromatic heterocycles. The minimum Gasteiger partial charge on any atom is -0.411 e. The lowest BCUT2D eigenvalue weighted by Gasteiger charge is -2.61. The summed E-state index contributed by atoms with van der Waals surface area (Å²) in [6.07, 6.45) is 9.47. The van der Waals surface area contributed by atoms with Crippen LogP contribution in [0.2, 0.25) is 0 Å². The van der Waals surface area contributed by atoms with Gasteiger partial charge in [-0.3, -0.25) is 0 Å². The number of hydrogen-bond acceptors (Lipinski definition) is 3. The lowest BCUT2D eigenvalue weighted by atomic mass is 9.44. The highest BCUT2D eigenvalue weighted by Gasteiger charge is 2.60. The molecule has 4 saturated carbocycles. The second kappa shape index (κ2) is 5.21. The summed E-state index contributed by atoms with van der Waals surface area (Å²) in [4.78, 5) is 0. The minimum absolute atomic E-state index is 0.0719. The first-order valence-corrected chi connectivity index (χ1v) is 9.79. The van der Waals surface area contributed by atoms with Crippen molar-refractivity contribution in [2.24, 2.45) is 45.6 Å². The van der Waals surface area contributed by atoms with Crippen molar-refractivity contribution in [2.45, 2.75) is 78.2 Å². The molecule has 2 N–H and O–H groups in total. The van der Waals surface area contributed by atoms with Crippen LogP contribution in [0.3, 0.4) is 0 Å². The fraction of sp³-hybridized carbons (Fsp3) is 0.950. The third-order valence-electron chi connectivity index (χ3n) is 8.91. The first-order chi connectivity index (χ1) is 10.9. The van der Waals surface area contributed by atoms with Gasteiger partial charge in [-0.1, -0.05) is 25.9 Å². The summed E-state index contributed by atoms with van der Waals surface area (Å²) in [5.74, 6) is 3.47. The van der Waals surface area contributed by atoms with E-state index in [2.05, 4.69) is 25.9 Å². The van der Waals surface area contributed by atoms with E-state index >= 15 is 0 Å². The number of aliphatic hydroxyl groups is 1. The first-order valence-electron chi connectivity index (χ1n) is 9.79. The molecule has 8 atom stereocenters. The fourth-order valence-corrected chi connectivity index (χ4v) is 7.53. The molecule has 0 aliphatic heterocycles. The van der Waals surface area contributed by atoms with Crippen LogP contribution in [-0.2, 0) is 0 Å². The molecule has 0 aromatic carbocycles. The molecule has 0 bridgehead atoms. The van der Waals surface area contributed by atoms with E-state index in [4.69, 9.17) is 0 Å². The van der Waals surface area contributed by atoms with Crippen molar-refractivity contribution in [2.75, 3.05) is 0 Å². The van der Waals surface area contributed by atoms with Gasteiger partial charge < -0.3 is 10.3 Å². The first kappa shape index (κ1) is 15.9. The predicted molar refractivity (Wildman–Crippen MR) is 91.5 cm³/mol. The lowest BCUT2D eigenvalue weighted by molar-refractivity contribution is -0.116. The molecule has 3 heteroatoms. The molecular formula is C20H33NO2. The third-order valence-corrected chi connectivity index (χ3v) is 8.91. The molecule has 8 unspecified atom stereocenters. The van der Waals surface area contributed by atoms with Gasteiger partial charge in [0, 0.05) is 0 Å². The highest BCUT2D eigenvalue weighted by Crippen LogP contribution is 2.66. The smallest absolute Gasteiger partial charge is 0.0602 e. The van der Waals surface area contributed by atoms with E-state index in [1.54, 1.807) is 0 Å². The van der Waals surface area contributed by atoms with Crippen LogP contribution in [0.5, 0.6) is 0 Å². The fourth-order valence-electron chi connectivity index (χ4n) is 7.53. The van der Waals surface area contributed by atoms with Gasteiger partial charge in [0.25, 0.3) is 0 Å². The van der Waals surface area contributed by atoms with Crippen LogP contribution in [0.15, 0.2) is 5.16 Å².